The van der Waals surface area contributed by atoms with Crippen LogP contribution in [0.25, 0.3) is 22.6 Å². The molecule has 5 rings (SSSR count). The molecular formula is C30H31N3O4. The lowest BCUT2D eigenvalue weighted by atomic mass is 9.84. The van der Waals surface area contributed by atoms with E-state index in [9.17, 15) is 9.59 Å². The maximum atomic E-state index is 13.2. The number of piperidine rings is 1. The minimum atomic E-state index is -0.147. The second-order valence-electron chi connectivity index (χ2n) is 9.43. The van der Waals surface area contributed by atoms with Crippen LogP contribution in [0.1, 0.15) is 37.0 Å². The number of anilines is 1. The summed E-state index contributed by atoms with van der Waals surface area (Å²) in [5.41, 5.74) is 3.57. The number of amides is 2. The van der Waals surface area contributed by atoms with Gasteiger partial charge in [-0.15, -0.1) is 0 Å². The van der Waals surface area contributed by atoms with Crippen molar-refractivity contribution in [2.75, 3.05) is 25.0 Å². The Morgan fingerprint density at radius 2 is 1.78 bits per heavy atom. The monoisotopic (exact) mass is 497 g/mol. The van der Waals surface area contributed by atoms with E-state index >= 15 is 0 Å². The summed E-state index contributed by atoms with van der Waals surface area (Å²) in [5.74, 6) is 1.38. The van der Waals surface area contributed by atoms with Crippen LogP contribution < -0.4 is 10.1 Å². The Morgan fingerprint density at radius 3 is 2.49 bits per heavy atom. The fourth-order valence-corrected chi connectivity index (χ4v) is 4.82. The van der Waals surface area contributed by atoms with Gasteiger partial charge < -0.3 is 19.4 Å². The van der Waals surface area contributed by atoms with Gasteiger partial charge in [-0.05, 0) is 80.3 Å². The van der Waals surface area contributed by atoms with Gasteiger partial charge in [0.15, 0.2) is 5.58 Å². The van der Waals surface area contributed by atoms with Gasteiger partial charge in [0.1, 0.15) is 11.3 Å². The van der Waals surface area contributed by atoms with Crippen LogP contribution in [0.2, 0.25) is 0 Å². The third-order valence-electron chi connectivity index (χ3n) is 7.04. The molecule has 1 saturated heterocycles. The van der Waals surface area contributed by atoms with E-state index in [4.69, 9.17) is 9.15 Å². The highest BCUT2D eigenvalue weighted by atomic mass is 16.5. The summed E-state index contributed by atoms with van der Waals surface area (Å²) in [6.07, 6.45) is 1.57. The van der Waals surface area contributed by atoms with Crippen molar-refractivity contribution in [3.05, 3.63) is 78.4 Å². The maximum Gasteiger partial charge on any atom is 0.253 e. The first-order valence-electron chi connectivity index (χ1n) is 12.8. The fraction of sp³-hybridized carbons (Fsp3) is 0.300. The van der Waals surface area contributed by atoms with E-state index in [1.54, 1.807) is 12.1 Å². The molecule has 1 aromatic heterocycles. The lowest BCUT2D eigenvalue weighted by molar-refractivity contribution is -0.121. The van der Waals surface area contributed by atoms with Crippen LogP contribution in [0.3, 0.4) is 0 Å². The lowest BCUT2D eigenvalue weighted by Gasteiger charge is -2.34. The number of nitrogens with zero attached hydrogens (tertiary/aromatic N) is 2. The second kappa shape index (κ2) is 10.9. The van der Waals surface area contributed by atoms with Crippen LogP contribution in [0.5, 0.6) is 5.75 Å². The van der Waals surface area contributed by atoms with E-state index in [0.29, 0.717) is 42.3 Å². The highest BCUT2D eigenvalue weighted by Crippen LogP contribution is 2.29. The molecule has 1 fully saturated rings. The van der Waals surface area contributed by atoms with Crippen molar-refractivity contribution >= 4 is 28.6 Å². The van der Waals surface area contributed by atoms with Gasteiger partial charge in [0.2, 0.25) is 11.8 Å². The SMILES string of the molecule is CCOc1ccc(NC(=O)[C@@H](C)C2CCN(C(=O)c3ccc4oc(-c5ccccc5)nc4c3)CC2)cc1. The topological polar surface area (TPSA) is 84.7 Å². The molecule has 4 aromatic rings. The molecule has 7 heteroatoms. The van der Waals surface area contributed by atoms with Gasteiger partial charge in [0.25, 0.3) is 5.91 Å². The molecule has 190 valence electrons. The minimum absolute atomic E-state index is 0.000333. The van der Waals surface area contributed by atoms with E-state index in [1.807, 2.05) is 79.4 Å². The molecule has 7 nitrogen and oxygen atoms in total. The van der Waals surface area contributed by atoms with Crippen molar-refractivity contribution in [2.24, 2.45) is 11.8 Å². The predicted molar refractivity (Wildman–Crippen MR) is 143 cm³/mol. The highest BCUT2D eigenvalue weighted by Gasteiger charge is 2.30. The number of ether oxygens (including phenoxy) is 1. The third-order valence-corrected chi connectivity index (χ3v) is 7.04. The Balaban J connectivity index is 1.18. The van der Waals surface area contributed by atoms with Crippen molar-refractivity contribution in [1.82, 2.24) is 9.88 Å². The standard InChI is InChI=1S/C30H31N3O4/c1-3-36-25-12-10-24(11-13-25)31-28(34)20(2)21-15-17-33(18-16-21)30(35)23-9-14-27-26(19-23)32-29(37-27)22-7-5-4-6-8-22/h4-14,19-21H,3,15-18H2,1-2H3,(H,31,34)/t20-/m0/s1. The number of nitrogens with one attached hydrogen (secondary N) is 1. The molecule has 0 unspecified atom stereocenters. The molecule has 2 amide bonds. The number of hydrogen-bond donors (Lipinski definition) is 1. The maximum absolute atomic E-state index is 13.2. The molecule has 0 bridgehead atoms. The average molecular weight is 498 g/mol. The molecule has 1 N–H and O–H groups in total. The van der Waals surface area contributed by atoms with E-state index in [2.05, 4.69) is 10.3 Å². The number of aromatic nitrogens is 1. The van der Waals surface area contributed by atoms with Gasteiger partial charge in [-0.3, -0.25) is 9.59 Å². The van der Waals surface area contributed by atoms with E-state index in [-0.39, 0.29) is 23.7 Å². The number of hydrogen-bond acceptors (Lipinski definition) is 5. The largest absolute Gasteiger partial charge is 0.494 e. The van der Waals surface area contributed by atoms with E-state index in [0.717, 1.165) is 29.8 Å². The molecule has 1 aliphatic rings. The molecular weight excluding hydrogens is 466 g/mol. The predicted octanol–water partition coefficient (Wildman–Crippen LogP) is 6.02. The number of likely N-dealkylation sites (tertiary alicyclic amines) is 1. The average Bonchev–Trinajstić information content (AvgIpc) is 3.38. The number of benzene rings is 3. The van der Waals surface area contributed by atoms with Crippen molar-refractivity contribution in [1.29, 1.82) is 0 Å². The minimum Gasteiger partial charge on any atom is -0.494 e. The molecule has 1 atom stereocenters. The molecule has 0 radical (unpaired) electrons. The summed E-state index contributed by atoms with van der Waals surface area (Å²) in [6.45, 7) is 5.75. The van der Waals surface area contributed by atoms with Crippen LogP contribution in [-0.2, 0) is 4.79 Å². The summed E-state index contributed by atoms with van der Waals surface area (Å²) in [4.78, 5) is 32.5. The Morgan fingerprint density at radius 1 is 1.05 bits per heavy atom. The van der Waals surface area contributed by atoms with Crippen molar-refractivity contribution in [3.63, 3.8) is 0 Å². The molecule has 0 aliphatic carbocycles. The first-order valence-corrected chi connectivity index (χ1v) is 12.8. The third kappa shape index (κ3) is 5.50. The van der Waals surface area contributed by atoms with Gasteiger partial charge >= 0.3 is 0 Å². The molecule has 1 aliphatic heterocycles. The Labute approximate surface area is 216 Å². The van der Waals surface area contributed by atoms with Crippen LogP contribution in [0.15, 0.2) is 77.2 Å². The highest BCUT2D eigenvalue weighted by molar-refractivity contribution is 5.97. The van der Waals surface area contributed by atoms with Crippen molar-refractivity contribution in [2.45, 2.75) is 26.7 Å². The number of rotatable bonds is 7. The smallest absolute Gasteiger partial charge is 0.253 e. The number of oxazole rings is 1. The van der Waals surface area contributed by atoms with Crippen LogP contribution in [0.4, 0.5) is 5.69 Å². The van der Waals surface area contributed by atoms with Crippen LogP contribution in [-0.4, -0.2) is 41.4 Å². The quantitative estimate of drug-likeness (QED) is 0.337. The number of carbonyl (C=O) groups excluding carboxylic acids is 2. The Kier molecular flexibility index (Phi) is 7.21. The van der Waals surface area contributed by atoms with Gasteiger partial charge in [-0.25, -0.2) is 4.98 Å². The molecule has 2 heterocycles. The normalized spacial score (nSPS) is 14.9. The first kappa shape index (κ1) is 24.6. The molecule has 37 heavy (non-hydrogen) atoms. The molecule has 0 spiro atoms. The van der Waals surface area contributed by atoms with Crippen molar-refractivity contribution in [3.8, 4) is 17.2 Å². The number of fused-ring (bicyclic) bond motifs is 1. The Bertz CT molecular complexity index is 1370. The van der Waals surface area contributed by atoms with Gasteiger partial charge in [0, 0.05) is 35.8 Å². The zero-order chi connectivity index (χ0) is 25.8. The number of carbonyl (C=O) groups is 2. The lowest BCUT2D eigenvalue weighted by Crippen LogP contribution is -2.41. The summed E-state index contributed by atoms with van der Waals surface area (Å²) in [6, 6.07) is 22.5. The summed E-state index contributed by atoms with van der Waals surface area (Å²) >= 11 is 0. The van der Waals surface area contributed by atoms with E-state index in [1.165, 1.54) is 0 Å². The summed E-state index contributed by atoms with van der Waals surface area (Å²) in [7, 11) is 0. The molecule has 3 aromatic carbocycles. The molecule has 0 saturated carbocycles. The van der Waals surface area contributed by atoms with Gasteiger partial charge in [-0.1, -0.05) is 25.1 Å². The van der Waals surface area contributed by atoms with Crippen molar-refractivity contribution < 1.29 is 18.7 Å². The Hall–Kier alpha value is -4.13. The van der Waals surface area contributed by atoms with Gasteiger partial charge in [0.05, 0.1) is 6.61 Å². The first-order chi connectivity index (χ1) is 18.0. The summed E-state index contributed by atoms with van der Waals surface area (Å²) < 4.78 is 11.3. The zero-order valence-corrected chi connectivity index (χ0v) is 21.1. The summed E-state index contributed by atoms with van der Waals surface area (Å²) in [5, 5.41) is 3.01. The zero-order valence-electron chi connectivity index (χ0n) is 21.1. The second-order valence-corrected chi connectivity index (χ2v) is 9.43. The van der Waals surface area contributed by atoms with Crippen LogP contribution in [0, 0.1) is 11.8 Å². The fourth-order valence-electron chi connectivity index (χ4n) is 4.82. The van der Waals surface area contributed by atoms with Gasteiger partial charge in [-0.2, -0.15) is 0 Å². The van der Waals surface area contributed by atoms with Crippen LogP contribution >= 0.6 is 0 Å². The van der Waals surface area contributed by atoms with E-state index < -0.39 is 0 Å².